The third-order valence-electron chi connectivity index (χ3n) is 6.93. The maximum absolute atomic E-state index is 12.4. The quantitative estimate of drug-likeness (QED) is 0.879. The summed E-state index contributed by atoms with van der Waals surface area (Å²) in [5, 5.41) is 11.3. The lowest BCUT2D eigenvalue weighted by Crippen LogP contribution is -2.41. The number of aromatic nitrogens is 2. The number of nitrogens with zero attached hydrogens (tertiary/aromatic N) is 3. The van der Waals surface area contributed by atoms with E-state index in [1.807, 2.05) is 11.0 Å². The molecule has 2 atom stereocenters. The fourth-order valence-corrected chi connectivity index (χ4v) is 4.48. The molecule has 0 unspecified atom stereocenters. The number of nitrogens with one attached hydrogen (secondary N) is 1. The average Bonchev–Trinajstić information content (AvgIpc) is 3.56. The summed E-state index contributed by atoms with van der Waals surface area (Å²) >= 11 is 0. The predicted molar refractivity (Wildman–Crippen MR) is 101 cm³/mol. The molecule has 0 bridgehead atoms. The summed E-state index contributed by atoms with van der Waals surface area (Å²) < 4.78 is 5.80. The van der Waals surface area contributed by atoms with Crippen molar-refractivity contribution in [2.45, 2.75) is 50.4 Å². The molecule has 1 amide bonds. The summed E-state index contributed by atoms with van der Waals surface area (Å²) in [7, 11) is 0. The van der Waals surface area contributed by atoms with Crippen molar-refractivity contribution in [2.75, 3.05) is 25.0 Å². The zero-order chi connectivity index (χ0) is 18.5. The summed E-state index contributed by atoms with van der Waals surface area (Å²) in [4.78, 5) is 14.4. The van der Waals surface area contributed by atoms with Gasteiger partial charge < -0.3 is 14.6 Å². The lowest BCUT2D eigenvalue weighted by Gasteiger charge is -2.32. The Balaban J connectivity index is 1.16. The molecule has 5 rings (SSSR count). The maximum atomic E-state index is 12.4. The predicted octanol–water partition coefficient (Wildman–Crippen LogP) is 3.33. The molecule has 6 heteroatoms. The molecular weight excluding hydrogens is 340 g/mol. The molecule has 27 heavy (non-hydrogen) atoms. The SMILES string of the molecule is C[C@@]1(c2ccccc2)C[C@H]1c1nnc(NCC(=O)N2CCC3(CC2)CC3)o1. The summed E-state index contributed by atoms with van der Waals surface area (Å²) in [6, 6.07) is 10.8. The number of rotatable bonds is 5. The number of carbonyl (C=O) groups excluding carboxylic acids is 1. The molecule has 3 fully saturated rings. The minimum Gasteiger partial charge on any atom is -0.408 e. The van der Waals surface area contributed by atoms with Gasteiger partial charge in [-0.25, -0.2) is 0 Å². The summed E-state index contributed by atoms with van der Waals surface area (Å²) in [5.41, 5.74) is 1.95. The van der Waals surface area contributed by atoms with Crippen LogP contribution in [-0.2, 0) is 10.2 Å². The minimum absolute atomic E-state index is 0.0629. The van der Waals surface area contributed by atoms with Crippen molar-refractivity contribution in [3.63, 3.8) is 0 Å². The van der Waals surface area contributed by atoms with Crippen LogP contribution in [0.1, 0.15) is 56.4 Å². The van der Waals surface area contributed by atoms with Gasteiger partial charge in [0.05, 0.1) is 6.54 Å². The van der Waals surface area contributed by atoms with E-state index in [-0.39, 0.29) is 23.8 Å². The fraction of sp³-hybridized carbons (Fsp3) is 0.571. The highest BCUT2D eigenvalue weighted by Gasteiger charge is 2.55. The molecule has 1 aromatic heterocycles. The maximum Gasteiger partial charge on any atom is 0.315 e. The highest BCUT2D eigenvalue weighted by Crippen LogP contribution is 2.59. The third-order valence-corrected chi connectivity index (χ3v) is 6.93. The lowest BCUT2D eigenvalue weighted by molar-refractivity contribution is -0.130. The summed E-state index contributed by atoms with van der Waals surface area (Å²) in [5.74, 6) is 1.02. The molecular formula is C21H26N4O2. The van der Waals surface area contributed by atoms with E-state index in [9.17, 15) is 4.79 Å². The van der Waals surface area contributed by atoms with E-state index in [1.54, 1.807) is 0 Å². The van der Waals surface area contributed by atoms with Gasteiger partial charge in [0, 0.05) is 24.4 Å². The van der Waals surface area contributed by atoms with E-state index in [0.29, 0.717) is 17.3 Å². The Kier molecular flexibility index (Phi) is 3.78. The summed E-state index contributed by atoms with van der Waals surface area (Å²) in [6.45, 7) is 4.21. The second kappa shape index (κ2) is 6.08. The molecule has 0 radical (unpaired) electrons. The van der Waals surface area contributed by atoms with Crippen LogP contribution in [-0.4, -0.2) is 40.6 Å². The van der Waals surface area contributed by atoms with Gasteiger partial charge in [-0.3, -0.25) is 4.79 Å². The first-order chi connectivity index (χ1) is 13.1. The molecule has 1 aromatic carbocycles. The van der Waals surface area contributed by atoms with Gasteiger partial charge in [-0.05, 0) is 43.1 Å². The number of likely N-dealkylation sites (tertiary alicyclic amines) is 1. The Hall–Kier alpha value is -2.37. The zero-order valence-electron chi connectivity index (χ0n) is 15.8. The standard InChI is InChI=1S/C21H26N4O2/c1-20(15-5-3-2-4-6-15)13-16(20)18-23-24-19(27-18)22-14-17(26)25-11-9-21(7-8-21)10-12-25/h2-6,16H,7-14H2,1H3,(H,22,24)/t16-,20-/m0/s1. The number of amides is 1. The topological polar surface area (TPSA) is 71.3 Å². The van der Waals surface area contributed by atoms with Crippen molar-refractivity contribution in [3.8, 4) is 0 Å². The fourth-order valence-electron chi connectivity index (χ4n) is 4.48. The highest BCUT2D eigenvalue weighted by atomic mass is 16.4. The van der Waals surface area contributed by atoms with Crippen LogP contribution in [0.5, 0.6) is 0 Å². The van der Waals surface area contributed by atoms with Crippen molar-refractivity contribution >= 4 is 11.9 Å². The van der Waals surface area contributed by atoms with Crippen LogP contribution >= 0.6 is 0 Å². The average molecular weight is 366 g/mol. The van der Waals surface area contributed by atoms with Crippen LogP contribution < -0.4 is 5.32 Å². The van der Waals surface area contributed by atoms with Crippen LogP contribution in [0.2, 0.25) is 0 Å². The molecule has 1 saturated heterocycles. The van der Waals surface area contributed by atoms with Crippen LogP contribution in [0.25, 0.3) is 0 Å². The van der Waals surface area contributed by atoms with E-state index < -0.39 is 0 Å². The molecule has 2 heterocycles. The lowest BCUT2D eigenvalue weighted by atomic mass is 9.94. The van der Waals surface area contributed by atoms with Gasteiger partial charge in [0.2, 0.25) is 11.8 Å². The van der Waals surface area contributed by atoms with Crippen molar-refractivity contribution in [2.24, 2.45) is 5.41 Å². The second-order valence-corrected chi connectivity index (χ2v) is 8.72. The Bertz CT molecular complexity index is 835. The van der Waals surface area contributed by atoms with E-state index in [4.69, 9.17) is 4.42 Å². The molecule has 1 aliphatic heterocycles. The largest absolute Gasteiger partial charge is 0.408 e. The Morgan fingerprint density at radius 2 is 1.93 bits per heavy atom. The molecule has 142 valence electrons. The Morgan fingerprint density at radius 1 is 1.19 bits per heavy atom. The van der Waals surface area contributed by atoms with Crippen LogP contribution in [0, 0.1) is 5.41 Å². The molecule has 1 spiro atoms. The van der Waals surface area contributed by atoms with Gasteiger partial charge in [0.25, 0.3) is 0 Å². The molecule has 2 saturated carbocycles. The second-order valence-electron chi connectivity index (χ2n) is 8.72. The Morgan fingerprint density at radius 3 is 2.63 bits per heavy atom. The number of piperidine rings is 1. The van der Waals surface area contributed by atoms with Gasteiger partial charge in [-0.2, -0.15) is 0 Å². The van der Waals surface area contributed by atoms with Gasteiger partial charge in [0.1, 0.15) is 0 Å². The van der Waals surface area contributed by atoms with Gasteiger partial charge in [-0.1, -0.05) is 42.4 Å². The van der Waals surface area contributed by atoms with Crippen LogP contribution in [0.4, 0.5) is 6.01 Å². The minimum atomic E-state index is 0.0629. The number of benzene rings is 1. The number of carbonyl (C=O) groups is 1. The van der Waals surface area contributed by atoms with Crippen molar-refractivity contribution in [3.05, 3.63) is 41.8 Å². The van der Waals surface area contributed by atoms with Gasteiger partial charge >= 0.3 is 6.01 Å². The molecule has 3 aliphatic rings. The van der Waals surface area contributed by atoms with Crippen molar-refractivity contribution < 1.29 is 9.21 Å². The van der Waals surface area contributed by atoms with Crippen LogP contribution in [0.15, 0.2) is 34.7 Å². The van der Waals surface area contributed by atoms with Gasteiger partial charge in [0.15, 0.2) is 0 Å². The summed E-state index contributed by atoms with van der Waals surface area (Å²) in [6.07, 6.45) is 6.02. The number of anilines is 1. The molecule has 2 aromatic rings. The number of hydrogen-bond acceptors (Lipinski definition) is 5. The smallest absolute Gasteiger partial charge is 0.315 e. The molecule has 2 aliphatic carbocycles. The first-order valence-electron chi connectivity index (χ1n) is 9.99. The van der Waals surface area contributed by atoms with Gasteiger partial charge in [-0.15, -0.1) is 5.10 Å². The first-order valence-corrected chi connectivity index (χ1v) is 9.99. The van der Waals surface area contributed by atoms with Crippen molar-refractivity contribution in [1.29, 1.82) is 0 Å². The highest BCUT2D eigenvalue weighted by molar-refractivity contribution is 5.80. The molecule has 6 nitrogen and oxygen atoms in total. The first kappa shape index (κ1) is 16.8. The monoisotopic (exact) mass is 366 g/mol. The van der Waals surface area contributed by atoms with E-state index >= 15 is 0 Å². The Labute approximate surface area is 159 Å². The zero-order valence-corrected chi connectivity index (χ0v) is 15.8. The van der Waals surface area contributed by atoms with Crippen LogP contribution in [0.3, 0.4) is 0 Å². The number of hydrogen-bond donors (Lipinski definition) is 1. The van der Waals surface area contributed by atoms with E-state index in [1.165, 1.54) is 18.4 Å². The van der Waals surface area contributed by atoms with E-state index in [0.717, 1.165) is 32.4 Å². The van der Waals surface area contributed by atoms with Crippen molar-refractivity contribution in [1.82, 2.24) is 15.1 Å². The normalized spacial score (nSPS) is 28.2. The van der Waals surface area contributed by atoms with E-state index in [2.05, 4.69) is 46.7 Å². The third kappa shape index (κ3) is 3.11. The molecule has 1 N–H and O–H groups in total.